The Morgan fingerprint density at radius 3 is 2.56 bits per heavy atom. The van der Waals surface area contributed by atoms with Crippen LogP contribution in [0.2, 0.25) is 0 Å². The van der Waals surface area contributed by atoms with Crippen molar-refractivity contribution in [3.63, 3.8) is 0 Å². The molecule has 2 aromatic carbocycles. The lowest BCUT2D eigenvalue weighted by molar-refractivity contribution is 0.0285. The molecule has 174 valence electrons. The molecular formula is C26H25N3O4S. The molecule has 0 amide bonds. The first-order chi connectivity index (χ1) is 16.6. The molecule has 0 bridgehead atoms. The van der Waals surface area contributed by atoms with Crippen molar-refractivity contribution in [1.29, 1.82) is 0 Å². The van der Waals surface area contributed by atoms with Crippen LogP contribution in [0.5, 0.6) is 0 Å². The number of nitrogens with zero attached hydrogens (tertiary/aromatic N) is 3. The van der Waals surface area contributed by atoms with Crippen molar-refractivity contribution in [2.24, 2.45) is 0 Å². The van der Waals surface area contributed by atoms with E-state index in [1.807, 2.05) is 55.5 Å². The number of carbonyl (C=O) groups excluding carboxylic acids is 1. The van der Waals surface area contributed by atoms with E-state index < -0.39 is 12.1 Å². The van der Waals surface area contributed by atoms with Crippen LogP contribution in [0.25, 0.3) is 22.6 Å². The number of hydrogen-bond acceptors (Lipinski definition) is 8. The summed E-state index contributed by atoms with van der Waals surface area (Å²) >= 11 is 1.44. The summed E-state index contributed by atoms with van der Waals surface area (Å²) < 4.78 is 17.0. The minimum atomic E-state index is -0.673. The molecule has 4 aromatic rings. The van der Waals surface area contributed by atoms with Crippen molar-refractivity contribution >= 4 is 22.3 Å². The summed E-state index contributed by atoms with van der Waals surface area (Å²) in [5.41, 5.74) is 4.01. The van der Waals surface area contributed by atoms with Gasteiger partial charge in [-0.2, -0.15) is 0 Å². The number of hydrogen-bond donors (Lipinski definition) is 0. The minimum Gasteiger partial charge on any atom is -0.448 e. The highest BCUT2D eigenvalue weighted by atomic mass is 32.1. The maximum atomic E-state index is 13.1. The maximum Gasteiger partial charge on any atom is 0.349 e. The van der Waals surface area contributed by atoms with Crippen LogP contribution in [0.1, 0.15) is 34.2 Å². The second kappa shape index (κ2) is 9.79. The molecule has 1 fully saturated rings. The van der Waals surface area contributed by atoms with Gasteiger partial charge in [0, 0.05) is 24.2 Å². The zero-order valence-electron chi connectivity index (χ0n) is 19.1. The first-order valence-electron chi connectivity index (χ1n) is 11.2. The van der Waals surface area contributed by atoms with E-state index in [0.29, 0.717) is 24.0 Å². The SMILES string of the molecule is Cc1cccc(-c2nnc(C(C)OC(=O)c3cc(-c4ccccc4)c(N4CCOCC4)s3)o2)c1. The number of carbonyl (C=O) groups is 1. The van der Waals surface area contributed by atoms with E-state index in [0.717, 1.165) is 40.3 Å². The van der Waals surface area contributed by atoms with Crippen LogP contribution < -0.4 is 4.90 Å². The molecular weight excluding hydrogens is 450 g/mol. The zero-order chi connectivity index (χ0) is 23.5. The van der Waals surface area contributed by atoms with E-state index in [1.54, 1.807) is 6.92 Å². The monoisotopic (exact) mass is 475 g/mol. The molecule has 2 aromatic heterocycles. The first-order valence-corrected chi connectivity index (χ1v) is 12.0. The Morgan fingerprint density at radius 1 is 1.03 bits per heavy atom. The maximum absolute atomic E-state index is 13.1. The molecule has 7 nitrogen and oxygen atoms in total. The summed E-state index contributed by atoms with van der Waals surface area (Å²) in [7, 11) is 0. The van der Waals surface area contributed by atoms with Gasteiger partial charge in [0.05, 0.1) is 18.2 Å². The lowest BCUT2D eigenvalue weighted by Crippen LogP contribution is -2.35. The largest absolute Gasteiger partial charge is 0.448 e. The molecule has 0 spiro atoms. The summed E-state index contributed by atoms with van der Waals surface area (Å²) in [6.45, 7) is 6.65. The van der Waals surface area contributed by atoms with Gasteiger partial charge in [0.1, 0.15) is 4.88 Å². The van der Waals surface area contributed by atoms with Gasteiger partial charge in [0.2, 0.25) is 5.89 Å². The van der Waals surface area contributed by atoms with Gasteiger partial charge >= 0.3 is 5.97 Å². The molecule has 1 unspecified atom stereocenters. The Bertz CT molecular complexity index is 1280. The second-order valence-electron chi connectivity index (χ2n) is 8.16. The van der Waals surface area contributed by atoms with Crippen LogP contribution in [-0.2, 0) is 9.47 Å². The van der Waals surface area contributed by atoms with Crippen LogP contribution in [-0.4, -0.2) is 42.5 Å². The Balaban J connectivity index is 1.37. The van der Waals surface area contributed by atoms with Crippen LogP contribution in [0.3, 0.4) is 0 Å². The van der Waals surface area contributed by atoms with Gasteiger partial charge in [-0.25, -0.2) is 4.79 Å². The highest BCUT2D eigenvalue weighted by Gasteiger charge is 2.25. The van der Waals surface area contributed by atoms with E-state index in [4.69, 9.17) is 13.9 Å². The minimum absolute atomic E-state index is 0.262. The molecule has 5 rings (SSSR count). The summed E-state index contributed by atoms with van der Waals surface area (Å²) in [4.78, 5) is 15.9. The van der Waals surface area contributed by atoms with Gasteiger partial charge in [-0.05, 0) is 37.6 Å². The van der Waals surface area contributed by atoms with Gasteiger partial charge in [0.25, 0.3) is 5.89 Å². The molecule has 0 radical (unpaired) electrons. The molecule has 1 aliphatic heterocycles. The Hall–Kier alpha value is -3.49. The highest BCUT2D eigenvalue weighted by Crippen LogP contribution is 2.40. The quantitative estimate of drug-likeness (QED) is 0.339. The number of ether oxygens (including phenoxy) is 2. The zero-order valence-corrected chi connectivity index (χ0v) is 19.9. The van der Waals surface area contributed by atoms with Crippen LogP contribution >= 0.6 is 11.3 Å². The van der Waals surface area contributed by atoms with E-state index in [-0.39, 0.29) is 5.89 Å². The van der Waals surface area contributed by atoms with E-state index in [1.165, 1.54) is 11.3 Å². The first kappa shape index (κ1) is 22.3. The fourth-order valence-corrected chi connectivity index (χ4v) is 4.99. The van der Waals surface area contributed by atoms with Gasteiger partial charge in [-0.3, -0.25) is 0 Å². The predicted molar refractivity (Wildman–Crippen MR) is 131 cm³/mol. The molecule has 3 heterocycles. The molecule has 1 atom stereocenters. The smallest absolute Gasteiger partial charge is 0.349 e. The van der Waals surface area contributed by atoms with E-state index >= 15 is 0 Å². The van der Waals surface area contributed by atoms with Gasteiger partial charge in [-0.15, -0.1) is 21.5 Å². The number of thiophene rings is 1. The van der Waals surface area contributed by atoms with Crippen molar-refractivity contribution in [2.45, 2.75) is 20.0 Å². The third-order valence-corrected chi connectivity index (χ3v) is 6.81. The summed E-state index contributed by atoms with van der Waals surface area (Å²) in [5, 5.41) is 9.27. The summed E-state index contributed by atoms with van der Waals surface area (Å²) in [6.07, 6.45) is -0.673. The third kappa shape index (κ3) is 4.73. The average Bonchev–Trinajstić information content (AvgIpc) is 3.54. The van der Waals surface area contributed by atoms with Crippen molar-refractivity contribution in [3.8, 4) is 22.6 Å². The fraction of sp³-hybridized carbons (Fsp3) is 0.269. The second-order valence-corrected chi connectivity index (χ2v) is 9.19. The normalized spacial score (nSPS) is 14.7. The van der Waals surface area contributed by atoms with Crippen molar-refractivity contribution in [2.75, 3.05) is 31.2 Å². The summed E-state index contributed by atoms with van der Waals surface area (Å²) in [5.74, 6) is 0.251. The number of esters is 1. The highest BCUT2D eigenvalue weighted by molar-refractivity contribution is 7.18. The number of anilines is 1. The standard InChI is InChI=1S/C26H25N3O4S/c1-17-7-6-10-20(15-17)24-28-27-23(33-24)18(2)32-26(30)22-16-21(19-8-4-3-5-9-19)25(34-22)29-11-13-31-14-12-29/h3-10,15-16,18H,11-14H2,1-2H3. The molecule has 1 aliphatic rings. The van der Waals surface area contributed by atoms with Crippen LogP contribution in [0, 0.1) is 6.92 Å². The topological polar surface area (TPSA) is 77.7 Å². The van der Waals surface area contributed by atoms with Gasteiger partial charge < -0.3 is 18.8 Å². The number of aryl methyl sites for hydroxylation is 1. The van der Waals surface area contributed by atoms with Crippen molar-refractivity contribution < 1.29 is 18.7 Å². The molecule has 34 heavy (non-hydrogen) atoms. The molecule has 0 aliphatic carbocycles. The number of morpholine rings is 1. The predicted octanol–water partition coefficient (Wildman–Crippen LogP) is 5.53. The lowest BCUT2D eigenvalue weighted by atomic mass is 10.1. The van der Waals surface area contributed by atoms with E-state index in [9.17, 15) is 4.79 Å². The molecule has 0 N–H and O–H groups in total. The summed E-state index contributed by atoms with van der Waals surface area (Å²) in [6, 6.07) is 19.8. The fourth-order valence-electron chi connectivity index (χ4n) is 3.87. The Kier molecular flexibility index (Phi) is 6.42. The van der Waals surface area contributed by atoms with Crippen molar-refractivity contribution in [1.82, 2.24) is 10.2 Å². The molecule has 8 heteroatoms. The lowest BCUT2D eigenvalue weighted by Gasteiger charge is -2.28. The Labute approximate surface area is 202 Å². The molecule has 1 saturated heterocycles. The molecule has 0 saturated carbocycles. The van der Waals surface area contributed by atoms with Gasteiger partial charge in [0.15, 0.2) is 6.10 Å². The van der Waals surface area contributed by atoms with Gasteiger partial charge in [-0.1, -0.05) is 48.0 Å². The third-order valence-electron chi connectivity index (χ3n) is 5.63. The number of aromatic nitrogens is 2. The number of benzene rings is 2. The van der Waals surface area contributed by atoms with Crippen LogP contribution in [0.4, 0.5) is 5.00 Å². The Morgan fingerprint density at radius 2 is 1.79 bits per heavy atom. The number of rotatable bonds is 6. The average molecular weight is 476 g/mol. The van der Waals surface area contributed by atoms with Crippen molar-refractivity contribution in [3.05, 3.63) is 77.0 Å². The van der Waals surface area contributed by atoms with E-state index in [2.05, 4.69) is 27.2 Å². The van der Waals surface area contributed by atoms with Crippen LogP contribution in [0.15, 0.2) is 65.1 Å².